The summed E-state index contributed by atoms with van der Waals surface area (Å²) >= 11 is 0. The van der Waals surface area contributed by atoms with Crippen LogP contribution in [0, 0.1) is 0 Å². The smallest absolute Gasteiger partial charge is 0.726 e. The summed E-state index contributed by atoms with van der Waals surface area (Å²) in [5, 5.41) is 0. The van der Waals surface area contributed by atoms with E-state index < -0.39 is 33.0 Å². The van der Waals surface area contributed by atoms with E-state index in [-0.39, 0.29) is 63.4 Å². The van der Waals surface area contributed by atoms with Crippen molar-refractivity contribution in [3.05, 3.63) is 0 Å². The Kier molecular flexibility index (Phi) is 9.76. The fourth-order valence-electron chi connectivity index (χ4n) is 1.56. The zero-order chi connectivity index (χ0) is 12.4. The van der Waals surface area contributed by atoms with Crippen molar-refractivity contribution in [2.24, 2.45) is 0 Å². The van der Waals surface area contributed by atoms with Crippen molar-refractivity contribution in [3.8, 4) is 0 Å². The zero-order valence-electron chi connectivity index (χ0n) is 10.1. The SMILES string of the molecule is O=S(=O)([O-])OC1CCC(OS(=O)(=O)[O-])CC1.[Li+].[Li+]. The Hall–Kier alpha value is 0.935. The van der Waals surface area contributed by atoms with Crippen LogP contribution in [-0.2, 0) is 29.2 Å². The molecule has 0 heterocycles. The van der Waals surface area contributed by atoms with Crippen LogP contribution in [0.2, 0.25) is 0 Å². The van der Waals surface area contributed by atoms with E-state index in [4.69, 9.17) is 0 Å². The van der Waals surface area contributed by atoms with Crippen molar-refractivity contribution < 1.29 is 72.0 Å². The molecule has 12 heteroatoms. The predicted molar refractivity (Wildman–Crippen MR) is 47.6 cm³/mol. The molecule has 1 aliphatic rings. The third-order valence-electron chi connectivity index (χ3n) is 2.13. The molecule has 0 aliphatic heterocycles. The van der Waals surface area contributed by atoms with E-state index in [1.807, 2.05) is 0 Å². The Bertz CT molecular complexity index is 383. The second-order valence-electron chi connectivity index (χ2n) is 3.41. The number of rotatable bonds is 4. The summed E-state index contributed by atoms with van der Waals surface area (Å²) in [6, 6.07) is 0. The molecule has 1 rings (SSSR count). The molecular weight excluding hydrogens is 278 g/mol. The molecule has 8 nitrogen and oxygen atoms in total. The summed E-state index contributed by atoms with van der Waals surface area (Å²) in [6.45, 7) is 0. The van der Waals surface area contributed by atoms with E-state index in [2.05, 4.69) is 8.37 Å². The van der Waals surface area contributed by atoms with Gasteiger partial charge in [-0.1, -0.05) is 0 Å². The summed E-state index contributed by atoms with van der Waals surface area (Å²) in [6.07, 6.45) is -0.916. The third-order valence-corrected chi connectivity index (χ3v) is 3.14. The van der Waals surface area contributed by atoms with Gasteiger partial charge in [0.1, 0.15) is 0 Å². The molecular formula is C6H10Li2O8S2. The van der Waals surface area contributed by atoms with Crippen LogP contribution >= 0.6 is 0 Å². The molecule has 0 aromatic heterocycles. The van der Waals surface area contributed by atoms with Gasteiger partial charge in [0.05, 0.1) is 12.2 Å². The number of hydrogen-bond donors (Lipinski definition) is 0. The van der Waals surface area contributed by atoms with Crippen LogP contribution in [0.3, 0.4) is 0 Å². The van der Waals surface area contributed by atoms with Crippen LogP contribution in [0.5, 0.6) is 0 Å². The molecule has 0 aromatic carbocycles. The van der Waals surface area contributed by atoms with Gasteiger partial charge in [-0.15, -0.1) is 0 Å². The van der Waals surface area contributed by atoms with Gasteiger partial charge in [0, 0.05) is 0 Å². The minimum Gasteiger partial charge on any atom is -0.726 e. The fraction of sp³-hybridized carbons (Fsp3) is 1.00. The summed E-state index contributed by atoms with van der Waals surface area (Å²) in [7, 11) is -9.49. The maximum atomic E-state index is 10.3. The van der Waals surface area contributed by atoms with Gasteiger partial charge in [-0.25, -0.2) is 16.8 Å². The summed E-state index contributed by atoms with van der Waals surface area (Å²) < 4.78 is 69.9. The van der Waals surface area contributed by atoms with Crippen molar-refractivity contribution in [3.63, 3.8) is 0 Å². The van der Waals surface area contributed by atoms with Gasteiger partial charge < -0.3 is 9.11 Å². The molecule has 0 spiro atoms. The largest absolute Gasteiger partial charge is 1.00 e. The van der Waals surface area contributed by atoms with E-state index in [1.54, 1.807) is 0 Å². The third kappa shape index (κ3) is 9.81. The Balaban J connectivity index is 0. The molecule has 1 aliphatic carbocycles. The molecule has 1 saturated carbocycles. The van der Waals surface area contributed by atoms with E-state index in [1.165, 1.54) is 0 Å². The average molecular weight is 288 g/mol. The summed E-state index contributed by atoms with van der Waals surface area (Å²) in [4.78, 5) is 0. The standard InChI is InChI=1S/C6H12O8S2.2Li/c7-15(8,9)13-5-1-2-6(4-3-5)14-16(10,11)12;;/h5-6H,1-4H2,(H,7,8,9)(H,10,11,12);;/q;2*+1/p-2. The van der Waals surface area contributed by atoms with Gasteiger partial charge in [-0.05, 0) is 25.7 Å². The molecule has 0 aromatic rings. The van der Waals surface area contributed by atoms with E-state index in [0.717, 1.165) is 0 Å². The van der Waals surface area contributed by atoms with Gasteiger partial charge >= 0.3 is 37.7 Å². The molecule has 1 fully saturated rings. The quantitative estimate of drug-likeness (QED) is 0.283. The first-order valence-corrected chi connectivity index (χ1v) is 7.10. The molecule has 18 heavy (non-hydrogen) atoms. The first-order chi connectivity index (χ1) is 7.16. The summed E-state index contributed by atoms with van der Waals surface area (Å²) in [5.74, 6) is 0. The molecule has 0 amide bonds. The Morgan fingerprint density at radius 2 is 0.944 bits per heavy atom. The van der Waals surface area contributed by atoms with Crippen molar-refractivity contribution in [2.45, 2.75) is 37.9 Å². The molecule has 0 atom stereocenters. The Morgan fingerprint density at radius 3 is 1.11 bits per heavy atom. The zero-order valence-corrected chi connectivity index (χ0v) is 11.7. The first kappa shape index (κ1) is 21.2. The topological polar surface area (TPSA) is 133 Å². The van der Waals surface area contributed by atoms with Crippen LogP contribution < -0.4 is 37.7 Å². The van der Waals surface area contributed by atoms with E-state index >= 15 is 0 Å². The van der Waals surface area contributed by atoms with Crippen molar-refractivity contribution in [1.82, 2.24) is 0 Å². The molecule has 96 valence electrons. The maximum Gasteiger partial charge on any atom is 1.00 e. The van der Waals surface area contributed by atoms with Crippen LogP contribution in [-0.4, -0.2) is 38.1 Å². The van der Waals surface area contributed by atoms with Crippen molar-refractivity contribution in [1.29, 1.82) is 0 Å². The van der Waals surface area contributed by atoms with Crippen molar-refractivity contribution >= 4 is 20.8 Å². The van der Waals surface area contributed by atoms with Crippen molar-refractivity contribution in [2.75, 3.05) is 0 Å². The average Bonchev–Trinajstić information content (AvgIpc) is 2.03. The van der Waals surface area contributed by atoms with Gasteiger partial charge in [-0.3, -0.25) is 8.37 Å². The van der Waals surface area contributed by atoms with Crippen LogP contribution in [0.15, 0.2) is 0 Å². The Morgan fingerprint density at radius 1 is 0.722 bits per heavy atom. The molecule has 0 unspecified atom stereocenters. The predicted octanol–water partition coefficient (Wildman–Crippen LogP) is -6.74. The van der Waals surface area contributed by atoms with Gasteiger partial charge in [-0.2, -0.15) is 0 Å². The molecule has 0 radical (unpaired) electrons. The van der Waals surface area contributed by atoms with E-state index in [9.17, 15) is 25.9 Å². The van der Waals surface area contributed by atoms with Crippen LogP contribution in [0.25, 0.3) is 0 Å². The minimum atomic E-state index is -4.75. The van der Waals surface area contributed by atoms with E-state index in [0.29, 0.717) is 0 Å². The molecule has 0 N–H and O–H groups in total. The number of hydrogen-bond acceptors (Lipinski definition) is 8. The van der Waals surface area contributed by atoms with Gasteiger partial charge in [0.15, 0.2) is 0 Å². The molecule has 0 saturated heterocycles. The van der Waals surface area contributed by atoms with Gasteiger partial charge in [0.25, 0.3) is 0 Å². The normalized spacial score (nSPS) is 24.8. The molecule has 0 bridgehead atoms. The second kappa shape index (κ2) is 8.27. The van der Waals surface area contributed by atoms with Crippen LogP contribution in [0.4, 0.5) is 0 Å². The second-order valence-corrected chi connectivity index (χ2v) is 5.43. The fourth-order valence-corrected chi connectivity index (χ4v) is 2.61. The van der Waals surface area contributed by atoms with Crippen LogP contribution in [0.1, 0.15) is 25.7 Å². The summed E-state index contributed by atoms with van der Waals surface area (Å²) in [5.41, 5.74) is 0. The Labute approximate surface area is 130 Å². The first-order valence-electron chi connectivity index (χ1n) is 4.44. The maximum absolute atomic E-state index is 10.3. The minimum absolute atomic E-state index is 0. The monoisotopic (exact) mass is 288 g/mol. The van der Waals surface area contributed by atoms with Gasteiger partial charge in [0.2, 0.25) is 20.8 Å².